The Labute approximate surface area is 173 Å². The topological polar surface area (TPSA) is 71.2 Å². The molecule has 150 valence electrons. The first-order chi connectivity index (χ1) is 14.7. The Morgan fingerprint density at radius 1 is 0.800 bits per heavy atom. The van der Waals surface area contributed by atoms with Gasteiger partial charge in [-0.05, 0) is 42.5 Å². The van der Waals surface area contributed by atoms with Crippen LogP contribution in [-0.4, -0.2) is 41.1 Å². The maximum absolute atomic E-state index is 14.1. The van der Waals surface area contributed by atoms with Crippen molar-refractivity contribution in [1.82, 2.24) is 15.0 Å². The summed E-state index contributed by atoms with van der Waals surface area (Å²) in [5.41, 5.74) is 11.0. The van der Waals surface area contributed by atoms with Crippen LogP contribution in [0.1, 0.15) is 0 Å². The van der Waals surface area contributed by atoms with Crippen molar-refractivity contribution in [3.05, 3.63) is 72.8 Å². The van der Waals surface area contributed by atoms with E-state index in [0.29, 0.717) is 11.5 Å². The zero-order valence-corrected chi connectivity index (χ0v) is 16.4. The zero-order valence-electron chi connectivity index (χ0n) is 16.4. The van der Waals surface area contributed by atoms with Crippen molar-refractivity contribution in [3.63, 3.8) is 0 Å². The van der Waals surface area contributed by atoms with Gasteiger partial charge in [-0.25, -0.2) is 14.4 Å². The Morgan fingerprint density at radius 2 is 1.53 bits per heavy atom. The molecule has 4 heterocycles. The smallest absolute Gasteiger partial charge is 0.146 e. The highest BCUT2D eigenvalue weighted by atomic mass is 19.1. The molecule has 1 aliphatic heterocycles. The second kappa shape index (κ2) is 7.59. The Bertz CT molecular complexity index is 1200. The van der Waals surface area contributed by atoms with E-state index in [1.807, 2.05) is 48.7 Å². The maximum Gasteiger partial charge on any atom is 0.146 e. The number of hydrogen-bond donors (Lipinski definition) is 1. The molecule has 1 saturated heterocycles. The number of nitrogens with zero attached hydrogens (tertiary/aromatic N) is 5. The Morgan fingerprint density at radius 3 is 2.30 bits per heavy atom. The number of para-hydroxylation sites is 1. The van der Waals surface area contributed by atoms with Gasteiger partial charge in [-0.2, -0.15) is 0 Å². The fourth-order valence-corrected chi connectivity index (χ4v) is 3.93. The summed E-state index contributed by atoms with van der Waals surface area (Å²) < 4.78 is 14.1. The van der Waals surface area contributed by atoms with E-state index in [0.717, 1.165) is 54.2 Å². The molecule has 1 fully saturated rings. The first-order valence-corrected chi connectivity index (χ1v) is 9.91. The van der Waals surface area contributed by atoms with Gasteiger partial charge in [-0.15, -0.1) is 0 Å². The van der Waals surface area contributed by atoms with E-state index in [4.69, 9.17) is 10.7 Å². The molecule has 3 aromatic heterocycles. The number of piperazine rings is 1. The van der Waals surface area contributed by atoms with Crippen molar-refractivity contribution in [2.45, 2.75) is 0 Å². The lowest BCUT2D eigenvalue weighted by Crippen LogP contribution is -2.47. The first-order valence-electron chi connectivity index (χ1n) is 9.91. The molecule has 0 aliphatic carbocycles. The SMILES string of the molecule is Nc1cc(-c2ccc3nccc(N4CCN(c5ccccc5F)CC4)c3n2)ccn1. The number of fused-ring (bicyclic) bond motifs is 1. The van der Waals surface area contributed by atoms with Gasteiger partial charge in [0, 0.05) is 44.1 Å². The number of halogens is 1. The zero-order chi connectivity index (χ0) is 20.5. The minimum atomic E-state index is -0.178. The van der Waals surface area contributed by atoms with Gasteiger partial charge >= 0.3 is 0 Å². The van der Waals surface area contributed by atoms with Crippen molar-refractivity contribution in [2.24, 2.45) is 0 Å². The van der Waals surface area contributed by atoms with Crippen LogP contribution in [0.5, 0.6) is 0 Å². The highest BCUT2D eigenvalue weighted by molar-refractivity contribution is 5.89. The number of aromatic nitrogens is 3. The molecular formula is C23H21FN6. The molecule has 5 rings (SSSR count). The molecule has 0 amide bonds. The fraction of sp³-hybridized carbons (Fsp3) is 0.174. The molecular weight excluding hydrogens is 379 g/mol. The summed E-state index contributed by atoms with van der Waals surface area (Å²) in [6, 6.07) is 16.6. The molecule has 30 heavy (non-hydrogen) atoms. The van der Waals surface area contributed by atoms with E-state index in [9.17, 15) is 4.39 Å². The third-order valence-electron chi connectivity index (χ3n) is 5.45. The number of rotatable bonds is 3. The molecule has 1 aliphatic rings. The molecule has 4 aromatic rings. The molecule has 0 bridgehead atoms. The van der Waals surface area contributed by atoms with Crippen molar-refractivity contribution >= 4 is 28.2 Å². The number of anilines is 3. The number of nitrogen functional groups attached to an aromatic ring is 1. The normalized spacial score (nSPS) is 14.3. The summed E-state index contributed by atoms with van der Waals surface area (Å²) >= 11 is 0. The van der Waals surface area contributed by atoms with Gasteiger partial charge in [0.2, 0.25) is 0 Å². The van der Waals surface area contributed by atoms with Crippen molar-refractivity contribution < 1.29 is 4.39 Å². The first kappa shape index (κ1) is 18.3. The second-order valence-electron chi connectivity index (χ2n) is 7.29. The van der Waals surface area contributed by atoms with Crippen molar-refractivity contribution in [2.75, 3.05) is 41.7 Å². The lowest BCUT2D eigenvalue weighted by atomic mass is 10.1. The summed E-state index contributed by atoms with van der Waals surface area (Å²) in [4.78, 5) is 17.8. The Hall–Kier alpha value is -3.74. The van der Waals surface area contributed by atoms with Gasteiger partial charge in [-0.3, -0.25) is 4.98 Å². The van der Waals surface area contributed by atoms with E-state index in [1.165, 1.54) is 6.07 Å². The standard InChI is InChI=1S/C23H21FN6/c24-17-3-1-2-4-20(17)29-11-13-30(14-12-29)21-8-10-26-19-6-5-18(28-23(19)21)16-7-9-27-22(25)15-16/h1-10,15H,11-14H2,(H2,25,27). The van der Waals surface area contributed by atoms with Crippen molar-refractivity contribution in [1.29, 1.82) is 0 Å². The molecule has 0 saturated carbocycles. The molecule has 0 spiro atoms. The summed E-state index contributed by atoms with van der Waals surface area (Å²) in [6.07, 6.45) is 3.50. The Kier molecular flexibility index (Phi) is 4.63. The quantitative estimate of drug-likeness (QED) is 0.565. The van der Waals surface area contributed by atoms with E-state index in [-0.39, 0.29) is 5.82 Å². The van der Waals surface area contributed by atoms with Crippen LogP contribution in [-0.2, 0) is 0 Å². The van der Waals surface area contributed by atoms with Crippen LogP contribution in [0.3, 0.4) is 0 Å². The predicted molar refractivity (Wildman–Crippen MR) is 118 cm³/mol. The van der Waals surface area contributed by atoms with Gasteiger partial charge < -0.3 is 15.5 Å². The van der Waals surface area contributed by atoms with Gasteiger partial charge in [0.25, 0.3) is 0 Å². The van der Waals surface area contributed by atoms with Crippen LogP contribution in [0.15, 0.2) is 67.0 Å². The lowest BCUT2D eigenvalue weighted by Gasteiger charge is -2.37. The summed E-state index contributed by atoms with van der Waals surface area (Å²) in [6.45, 7) is 3.04. The van der Waals surface area contributed by atoms with Gasteiger partial charge in [0.15, 0.2) is 0 Å². The van der Waals surface area contributed by atoms with E-state index >= 15 is 0 Å². The minimum absolute atomic E-state index is 0.178. The number of benzene rings is 1. The van der Waals surface area contributed by atoms with Crippen LogP contribution < -0.4 is 15.5 Å². The average molecular weight is 400 g/mol. The predicted octanol–water partition coefficient (Wildman–Crippen LogP) is 3.74. The Balaban J connectivity index is 1.45. The van der Waals surface area contributed by atoms with Gasteiger partial charge in [-0.1, -0.05) is 12.1 Å². The van der Waals surface area contributed by atoms with Crippen LogP contribution >= 0.6 is 0 Å². The van der Waals surface area contributed by atoms with Crippen LogP contribution in [0.2, 0.25) is 0 Å². The van der Waals surface area contributed by atoms with E-state index in [2.05, 4.69) is 19.8 Å². The molecule has 7 heteroatoms. The van der Waals surface area contributed by atoms with Crippen molar-refractivity contribution in [3.8, 4) is 11.3 Å². The summed E-state index contributed by atoms with van der Waals surface area (Å²) in [7, 11) is 0. The number of nitrogens with two attached hydrogens (primary N) is 1. The van der Waals surface area contributed by atoms with Crippen LogP contribution in [0, 0.1) is 5.82 Å². The second-order valence-corrected chi connectivity index (χ2v) is 7.29. The number of hydrogen-bond acceptors (Lipinski definition) is 6. The lowest BCUT2D eigenvalue weighted by molar-refractivity contribution is 0.598. The highest BCUT2D eigenvalue weighted by Gasteiger charge is 2.21. The van der Waals surface area contributed by atoms with Crippen LogP contribution in [0.25, 0.3) is 22.3 Å². The van der Waals surface area contributed by atoms with Gasteiger partial charge in [0.05, 0.1) is 22.6 Å². The monoisotopic (exact) mass is 400 g/mol. The minimum Gasteiger partial charge on any atom is -0.384 e. The molecule has 2 N–H and O–H groups in total. The fourth-order valence-electron chi connectivity index (χ4n) is 3.93. The molecule has 0 radical (unpaired) electrons. The third-order valence-corrected chi connectivity index (χ3v) is 5.45. The highest BCUT2D eigenvalue weighted by Crippen LogP contribution is 2.29. The largest absolute Gasteiger partial charge is 0.384 e. The van der Waals surface area contributed by atoms with E-state index < -0.39 is 0 Å². The molecule has 0 atom stereocenters. The molecule has 1 aromatic carbocycles. The summed E-state index contributed by atoms with van der Waals surface area (Å²) in [5, 5.41) is 0. The number of pyridine rings is 3. The summed E-state index contributed by atoms with van der Waals surface area (Å²) in [5.74, 6) is 0.285. The average Bonchev–Trinajstić information content (AvgIpc) is 2.79. The van der Waals surface area contributed by atoms with Gasteiger partial charge in [0.1, 0.15) is 17.2 Å². The van der Waals surface area contributed by atoms with Crippen LogP contribution in [0.4, 0.5) is 21.6 Å². The third kappa shape index (κ3) is 3.39. The molecule has 0 unspecified atom stereocenters. The van der Waals surface area contributed by atoms with E-state index in [1.54, 1.807) is 12.3 Å². The maximum atomic E-state index is 14.1. The molecule has 6 nitrogen and oxygen atoms in total.